The van der Waals surface area contributed by atoms with Gasteiger partial charge < -0.3 is 15.0 Å². The molecule has 5 heteroatoms. The third-order valence-corrected chi connectivity index (χ3v) is 4.74. The highest BCUT2D eigenvalue weighted by molar-refractivity contribution is 6.31. The Morgan fingerprint density at radius 1 is 1.18 bits per heavy atom. The normalized spacial score (nSPS) is 20.0. The number of nitrogens with zero attached hydrogens (tertiary/aromatic N) is 1. The Bertz CT molecular complexity index is 523. The molecule has 0 aromatic heterocycles. The molecule has 2 aliphatic rings. The minimum absolute atomic E-state index is 0.0435. The molecule has 2 fully saturated rings. The van der Waals surface area contributed by atoms with Crippen LogP contribution in [-0.2, 0) is 9.53 Å². The summed E-state index contributed by atoms with van der Waals surface area (Å²) < 4.78 is 5.33. The number of ether oxygens (including phenoxy) is 1. The van der Waals surface area contributed by atoms with Crippen LogP contribution in [-0.4, -0.2) is 32.2 Å². The van der Waals surface area contributed by atoms with Gasteiger partial charge in [0.15, 0.2) is 0 Å². The van der Waals surface area contributed by atoms with Crippen LogP contribution in [0.1, 0.15) is 32.1 Å². The average molecular weight is 323 g/mol. The van der Waals surface area contributed by atoms with Crippen LogP contribution in [0.4, 0.5) is 11.4 Å². The lowest BCUT2D eigenvalue weighted by molar-refractivity contribution is -0.122. The van der Waals surface area contributed by atoms with Crippen LogP contribution in [0.2, 0.25) is 5.02 Å². The third-order valence-electron chi connectivity index (χ3n) is 4.51. The first-order valence-electron chi connectivity index (χ1n) is 8.17. The second-order valence-electron chi connectivity index (χ2n) is 6.09. The van der Waals surface area contributed by atoms with E-state index in [2.05, 4.69) is 10.2 Å². The van der Waals surface area contributed by atoms with Crippen LogP contribution in [0.25, 0.3) is 0 Å². The van der Waals surface area contributed by atoms with E-state index in [1.165, 1.54) is 19.3 Å². The third kappa shape index (κ3) is 3.73. The van der Waals surface area contributed by atoms with Gasteiger partial charge in [0.25, 0.3) is 0 Å². The van der Waals surface area contributed by atoms with Crippen LogP contribution in [0, 0.1) is 5.92 Å². The molecule has 0 radical (unpaired) electrons. The van der Waals surface area contributed by atoms with Crippen molar-refractivity contribution in [3.05, 3.63) is 23.2 Å². The van der Waals surface area contributed by atoms with Crippen molar-refractivity contribution < 1.29 is 9.53 Å². The highest BCUT2D eigenvalue weighted by atomic mass is 35.5. The molecule has 1 aromatic carbocycles. The van der Waals surface area contributed by atoms with E-state index in [4.69, 9.17) is 16.3 Å². The van der Waals surface area contributed by atoms with Gasteiger partial charge in [-0.25, -0.2) is 0 Å². The quantitative estimate of drug-likeness (QED) is 0.922. The van der Waals surface area contributed by atoms with E-state index in [1.54, 1.807) is 0 Å². The summed E-state index contributed by atoms with van der Waals surface area (Å²) in [5.74, 6) is 0.130. The van der Waals surface area contributed by atoms with Gasteiger partial charge in [0.1, 0.15) is 0 Å². The largest absolute Gasteiger partial charge is 0.381 e. The standard InChI is InChI=1S/C17H23ClN2O2/c18-14-4-5-16(20-8-2-1-3-9-20)15(12-14)19-17(21)13-6-10-22-11-7-13/h4-5,12-13H,1-3,6-11H2,(H,19,21). The van der Waals surface area contributed by atoms with Crippen molar-refractivity contribution in [2.75, 3.05) is 36.5 Å². The molecule has 1 N–H and O–H groups in total. The summed E-state index contributed by atoms with van der Waals surface area (Å²) in [5, 5.41) is 3.75. The molecule has 120 valence electrons. The molecular weight excluding hydrogens is 300 g/mol. The Hall–Kier alpha value is -1.26. The first kappa shape index (κ1) is 15.6. The fraction of sp³-hybridized carbons (Fsp3) is 0.588. The zero-order chi connectivity index (χ0) is 15.4. The van der Waals surface area contributed by atoms with Crippen molar-refractivity contribution in [1.29, 1.82) is 0 Å². The molecule has 2 aliphatic heterocycles. The molecule has 0 atom stereocenters. The number of nitrogens with one attached hydrogen (secondary N) is 1. The van der Waals surface area contributed by atoms with Crippen molar-refractivity contribution in [2.24, 2.45) is 5.92 Å². The zero-order valence-corrected chi connectivity index (χ0v) is 13.6. The highest BCUT2D eigenvalue weighted by Crippen LogP contribution is 2.32. The minimum Gasteiger partial charge on any atom is -0.381 e. The van der Waals surface area contributed by atoms with Crippen molar-refractivity contribution in [2.45, 2.75) is 32.1 Å². The highest BCUT2D eigenvalue weighted by Gasteiger charge is 2.23. The lowest BCUT2D eigenvalue weighted by Gasteiger charge is -2.31. The molecule has 0 saturated carbocycles. The summed E-state index contributed by atoms with van der Waals surface area (Å²) in [6.07, 6.45) is 5.29. The molecule has 0 spiro atoms. The number of benzene rings is 1. The number of rotatable bonds is 3. The molecular formula is C17H23ClN2O2. The van der Waals surface area contributed by atoms with Crippen molar-refractivity contribution in [3.8, 4) is 0 Å². The molecule has 0 bridgehead atoms. The zero-order valence-electron chi connectivity index (χ0n) is 12.8. The van der Waals surface area contributed by atoms with E-state index >= 15 is 0 Å². The number of halogens is 1. The molecule has 0 aliphatic carbocycles. The van der Waals surface area contributed by atoms with Gasteiger partial charge in [0.2, 0.25) is 5.91 Å². The van der Waals surface area contributed by atoms with E-state index in [-0.39, 0.29) is 11.8 Å². The van der Waals surface area contributed by atoms with E-state index in [0.29, 0.717) is 18.2 Å². The number of piperidine rings is 1. The molecule has 2 heterocycles. The van der Waals surface area contributed by atoms with E-state index in [0.717, 1.165) is 37.3 Å². The number of hydrogen-bond acceptors (Lipinski definition) is 3. The van der Waals surface area contributed by atoms with E-state index < -0.39 is 0 Å². The van der Waals surface area contributed by atoms with E-state index in [9.17, 15) is 4.79 Å². The van der Waals surface area contributed by atoms with Gasteiger partial charge in [0, 0.05) is 37.2 Å². The van der Waals surface area contributed by atoms with Crippen LogP contribution < -0.4 is 10.2 Å². The van der Waals surface area contributed by atoms with Gasteiger partial charge >= 0.3 is 0 Å². The van der Waals surface area contributed by atoms with Gasteiger partial charge in [0.05, 0.1) is 11.4 Å². The topological polar surface area (TPSA) is 41.6 Å². The molecule has 2 saturated heterocycles. The molecule has 22 heavy (non-hydrogen) atoms. The summed E-state index contributed by atoms with van der Waals surface area (Å²) >= 11 is 6.14. The Morgan fingerprint density at radius 3 is 2.64 bits per heavy atom. The minimum atomic E-state index is 0.0435. The van der Waals surface area contributed by atoms with Crippen LogP contribution in [0.3, 0.4) is 0 Å². The lowest BCUT2D eigenvalue weighted by Crippen LogP contribution is -2.32. The summed E-state index contributed by atoms with van der Waals surface area (Å²) in [6, 6.07) is 5.78. The molecule has 0 unspecified atom stereocenters. The Balaban J connectivity index is 1.76. The maximum absolute atomic E-state index is 12.5. The van der Waals surface area contributed by atoms with Gasteiger partial charge in [-0.1, -0.05) is 11.6 Å². The number of carbonyl (C=O) groups is 1. The van der Waals surface area contributed by atoms with Crippen LogP contribution in [0.15, 0.2) is 18.2 Å². The van der Waals surface area contributed by atoms with Crippen LogP contribution in [0.5, 0.6) is 0 Å². The predicted molar refractivity (Wildman–Crippen MR) is 89.7 cm³/mol. The number of hydrogen-bond donors (Lipinski definition) is 1. The summed E-state index contributed by atoms with van der Waals surface area (Å²) in [4.78, 5) is 14.8. The van der Waals surface area contributed by atoms with Crippen molar-refractivity contribution >= 4 is 28.9 Å². The van der Waals surface area contributed by atoms with Gasteiger partial charge in [-0.2, -0.15) is 0 Å². The second kappa shape index (κ2) is 7.34. The van der Waals surface area contributed by atoms with Gasteiger partial charge in [-0.3, -0.25) is 4.79 Å². The molecule has 1 aromatic rings. The average Bonchev–Trinajstić information content (AvgIpc) is 2.56. The fourth-order valence-corrected chi connectivity index (χ4v) is 3.39. The Morgan fingerprint density at radius 2 is 1.91 bits per heavy atom. The van der Waals surface area contributed by atoms with Crippen molar-refractivity contribution in [3.63, 3.8) is 0 Å². The van der Waals surface area contributed by atoms with Gasteiger partial charge in [-0.15, -0.1) is 0 Å². The van der Waals surface area contributed by atoms with Gasteiger partial charge in [-0.05, 0) is 50.3 Å². The maximum atomic E-state index is 12.5. The molecule has 4 nitrogen and oxygen atoms in total. The molecule has 1 amide bonds. The monoisotopic (exact) mass is 322 g/mol. The summed E-state index contributed by atoms with van der Waals surface area (Å²) in [5.41, 5.74) is 1.93. The molecule has 3 rings (SSSR count). The number of anilines is 2. The fourth-order valence-electron chi connectivity index (χ4n) is 3.21. The smallest absolute Gasteiger partial charge is 0.227 e. The first-order valence-corrected chi connectivity index (χ1v) is 8.55. The van der Waals surface area contributed by atoms with Crippen molar-refractivity contribution in [1.82, 2.24) is 0 Å². The SMILES string of the molecule is O=C(Nc1cc(Cl)ccc1N1CCCCC1)C1CCOCC1. The van der Waals surface area contributed by atoms with E-state index in [1.807, 2.05) is 18.2 Å². The number of carbonyl (C=O) groups excluding carboxylic acids is 1. The predicted octanol–water partition coefficient (Wildman–Crippen LogP) is 3.70. The Labute approximate surface area is 136 Å². The lowest BCUT2D eigenvalue weighted by atomic mass is 9.99. The first-order chi connectivity index (χ1) is 10.7. The Kier molecular flexibility index (Phi) is 5.21. The summed E-state index contributed by atoms with van der Waals surface area (Å²) in [7, 11) is 0. The summed E-state index contributed by atoms with van der Waals surface area (Å²) in [6.45, 7) is 3.43. The van der Waals surface area contributed by atoms with Crippen LogP contribution >= 0.6 is 11.6 Å². The maximum Gasteiger partial charge on any atom is 0.227 e. The number of amides is 1. The second-order valence-corrected chi connectivity index (χ2v) is 6.52.